The molecule has 0 aromatic heterocycles. The Kier molecular flexibility index (Phi) is 20.0. The summed E-state index contributed by atoms with van der Waals surface area (Å²) in [5.41, 5.74) is 0.939. The van der Waals surface area contributed by atoms with Crippen LogP contribution in [-0.2, 0) is 30.5 Å². The minimum atomic E-state index is -1.18. The van der Waals surface area contributed by atoms with Gasteiger partial charge in [0.1, 0.15) is 18.6 Å². The summed E-state index contributed by atoms with van der Waals surface area (Å²) >= 11 is 0. The molecule has 2 atom stereocenters. The van der Waals surface area contributed by atoms with Gasteiger partial charge < -0.3 is 25.4 Å². The molecule has 0 saturated carbocycles. The number of carbonyl (C=O) groups excluding carboxylic acids is 3. The van der Waals surface area contributed by atoms with Crippen molar-refractivity contribution in [2.45, 2.75) is 122 Å². The highest BCUT2D eigenvalue weighted by Crippen LogP contribution is 2.14. The maximum absolute atomic E-state index is 13.1. The van der Waals surface area contributed by atoms with Gasteiger partial charge in [0.2, 0.25) is 17.7 Å². The zero-order chi connectivity index (χ0) is 30.3. The van der Waals surface area contributed by atoms with Gasteiger partial charge in [-0.2, -0.15) is 0 Å². The summed E-state index contributed by atoms with van der Waals surface area (Å²) in [6.45, 7) is 3.41. The molecule has 41 heavy (non-hydrogen) atoms. The number of likely N-dealkylation sites (N-methyl/N-ethyl adjacent to an activating group) is 1. The van der Waals surface area contributed by atoms with E-state index in [1.807, 2.05) is 30.3 Å². The van der Waals surface area contributed by atoms with Crippen LogP contribution in [0.3, 0.4) is 0 Å². The molecule has 0 aliphatic carbocycles. The Bertz CT molecular complexity index is 879. The Morgan fingerprint density at radius 1 is 0.829 bits per heavy atom. The maximum atomic E-state index is 13.1. The number of hydrogen-bond donors (Lipinski definition) is 3. The van der Waals surface area contributed by atoms with E-state index in [1.54, 1.807) is 7.05 Å². The Labute approximate surface area is 246 Å². The average Bonchev–Trinajstić information content (AvgIpc) is 2.96. The van der Waals surface area contributed by atoms with E-state index < -0.39 is 36.4 Å². The molecule has 9 heteroatoms. The smallest absolute Gasteiger partial charge is 0.322 e. The third-order valence-corrected chi connectivity index (χ3v) is 7.21. The minimum absolute atomic E-state index is 0.0367. The molecule has 0 aliphatic heterocycles. The SMILES string of the molecule is CCCCCCCCCCCCCCCC(=O)N(C)[C@H](COCc1ccccc1)C(=O)N[C@H](C)C(=O)NCC(=O)O. The number of nitrogens with one attached hydrogen (secondary N) is 2. The van der Waals surface area contributed by atoms with Crippen LogP contribution in [0.4, 0.5) is 0 Å². The lowest BCUT2D eigenvalue weighted by atomic mass is 10.0. The van der Waals surface area contributed by atoms with Gasteiger partial charge in [-0.1, -0.05) is 114 Å². The molecule has 232 valence electrons. The molecular formula is C32H53N3O6. The lowest BCUT2D eigenvalue weighted by Gasteiger charge is -2.28. The third-order valence-electron chi connectivity index (χ3n) is 7.21. The summed E-state index contributed by atoms with van der Waals surface area (Å²) < 4.78 is 5.78. The van der Waals surface area contributed by atoms with Gasteiger partial charge in [0.05, 0.1) is 13.2 Å². The van der Waals surface area contributed by atoms with Crippen molar-refractivity contribution in [3.63, 3.8) is 0 Å². The van der Waals surface area contributed by atoms with E-state index in [9.17, 15) is 19.2 Å². The molecule has 9 nitrogen and oxygen atoms in total. The van der Waals surface area contributed by atoms with E-state index in [0.717, 1.165) is 24.8 Å². The fourth-order valence-electron chi connectivity index (χ4n) is 4.56. The van der Waals surface area contributed by atoms with E-state index in [0.29, 0.717) is 6.42 Å². The van der Waals surface area contributed by atoms with Gasteiger partial charge in [0.25, 0.3) is 0 Å². The number of carboxylic acids is 1. The number of carboxylic acid groups (broad SMARTS) is 1. The molecule has 0 heterocycles. The summed E-state index contributed by atoms with van der Waals surface area (Å²) in [5, 5.41) is 13.6. The number of hydrogen-bond acceptors (Lipinski definition) is 5. The van der Waals surface area contributed by atoms with Gasteiger partial charge >= 0.3 is 5.97 Å². The molecular weight excluding hydrogens is 522 g/mol. The van der Waals surface area contributed by atoms with Crippen molar-refractivity contribution in [1.82, 2.24) is 15.5 Å². The van der Waals surface area contributed by atoms with Gasteiger partial charge in [-0.05, 0) is 18.9 Å². The molecule has 3 N–H and O–H groups in total. The van der Waals surface area contributed by atoms with E-state index in [2.05, 4.69) is 17.6 Å². The van der Waals surface area contributed by atoms with Crippen molar-refractivity contribution in [2.24, 2.45) is 0 Å². The lowest BCUT2D eigenvalue weighted by Crippen LogP contribution is -2.55. The predicted molar refractivity (Wildman–Crippen MR) is 161 cm³/mol. The van der Waals surface area contributed by atoms with Crippen LogP contribution in [0.25, 0.3) is 0 Å². The Morgan fingerprint density at radius 3 is 1.90 bits per heavy atom. The fourth-order valence-corrected chi connectivity index (χ4v) is 4.56. The van der Waals surface area contributed by atoms with Crippen molar-refractivity contribution in [3.05, 3.63) is 35.9 Å². The highest BCUT2D eigenvalue weighted by Gasteiger charge is 2.29. The normalized spacial score (nSPS) is 12.4. The molecule has 1 rings (SSSR count). The molecule has 0 bridgehead atoms. The summed E-state index contributed by atoms with van der Waals surface area (Å²) in [5.74, 6) is -2.48. The number of ether oxygens (including phenoxy) is 1. The molecule has 0 spiro atoms. The average molecular weight is 576 g/mol. The molecule has 3 amide bonds. The summed E-state index contributed by atoms with van der Waals surface area (Å²) in [6.07, 6.45) is 16.2. The standard InChI is InChI=1S/C32H53N3O6/c1-4-5-6-7-8-9-10-11-12-13-14-15-19-22-29(36)35(3)28(25-41-24-27-20-17-16-18-21-27)32(40)34-26(2)31(39)33-23-30(37)38/h16-18,20-21,26,28H,4-15,19,22-25H2,1-3H3,(H,33,39)(H,34,40)(H,37,38)/t26-,28-/m1/s1. The van der Waals surface area contributed by atoms with E-state index in [4.69, 9.17) is 9.84 Å². The lowest BCUT2D eigenvalue weighted by molar-refractivity contribution is -0.142. The van der Waals surface area contributed by atoms with Crippen LogP contribution < -0.4 is 10.6 Å². The largest absolute Gasteiger partial charge is 0.480 e. The Balaban J connectivity index is 2.46. The second-order valence-corrected chi connectivity index (χ2v) is 10.9. The van der Waals surface area contributed by atoms with Crippen molar-refractivity contribution in [3.8, 4) is 0 Å². The fraction of sp³-hybridized carbons (Fsp3) is 0.688. The van der Waals surface area contributed by atoms with Crippen LogP contribution in [0.1, 0.15) is 109 Å². The van der Waals surface area contributed by atoms with E-state index in [1.165, 1.54) is 76.0 Å². The first-order chi connectivity index (χ1) is 19.8. The van der Waals surface area contributed by atoms with E-state index >= 15 is 0 Å². The van der Waals surface area contributed by atoms with Crippen LogP contribution in [-0.4, -0.2) is 66.0 Å². The monoisotopic (exact) mass is 575 g/mol. The number of carbonyl (C=O) groups is 4. The van der Waals surface area contributed by atoms with Gasteiger partial charge in [0.15, 0.2) is 0 Å². The molecule has 0 unspecified atom stereocenters. The second kappa shape index (κ2) is 22.7. The Morgan fingerprint density at radius 2 is 1.37 bits per heavy atom. The highest BCUT2D eigenvalue weighted by molar-refractivity contribution is 5.92. The van der Waals surface area contributed by atoms with Gasteiger partial charge in [0, 0.05) is 13.5 Å². The van der Waals surface area contributed by atoms with Gasteiger partial charge in [-0.3, -0.25) is 19.2 Å². The first-order valence-electron chi connectivity index (χ1n) is 15.4. The number of rotatable bonds is 24. The molecule has 0 radical (unpaired) electrons. The number of nitrogens with zero attached hydrogens (tertiary/aromatic N) is 1. The van der Waals surface area contributed by atoms with Gasteiger partial charge in [-0.25, -0.2) is 0 Å². The topological polar surface area (TPSA) is 125 Å². The van der Waals surface area contributed by atoms with E-state index in [-0.39, 0.29) is 19.1 Å². The summed E-state index contributed by atoms with van der Waals surface area (Å²) in [4.78, 5) is 50.3. The zero-order valence-corrected chi connectivity index (χ0v) is 25.5. The summed E-state index contributed by atoms with van der Waals surface area (Å²) in [6, 6.07) is 7.61. The maximum Gasteiger partial charge on any atom is 0.322 e. The zero-order valence-electron chi connectivity index (χ0n) is 25.5. The molecule has 1 aromatic rings. The number of benzene rings is 1. The molecule has 0 fully saturated rings. The van der Waals surface area contributed by atoms with Crippen LogP contribution in [0, 0.1) is 0 Å². The number of amides is 3. The predicted octanol–water partition coefficient (Wildman–Crippen LogP) is 5.22. The number of unbranched alkanes of at least 4 members (excludes halogenated alkanes) is 12. The van der Waals surface area contributed by atoms with Crippen LogP contribution in [0.15, 0.2) is 30.3 Å². The van der Waals surface area contributed by atoms with Crippen molar-refractivity contribution in [2.75, 3.05) is 20.2 Å². The first-order valence-corrected chi connectivity index (χ1v) is 15.4. The van der Waals surface area contributed by atoms with Gasteiger partial charge in [-0.15, -0.1) is 0 Å². The summed E-state index contributed by atoms with van der Waals surface area (Å²) in [7, 11) is 1.58. The number of aliphatic carboxylic acids is 1. The Hall–Kier alpha value is -2.94. The molecule has 0 aliphatic rings. The van der Waals surface area contributed by atoms with Crippen molar-refractivity contribution in [1.29, 1.82) is 0 Å². The van der Waals surface area contributed by atoms with Crippen LogP contribution in [0.5, 0.6) is 0 Å². The quantitative estimate of drug-likeness (QED) is 0.145. The van der Waals surface area contributed by atoms with Crippen molar-refractivity contribution < 1.29 is 29.0 Å². The van der Waals surface area contributed by atoms with Crippen LogP contribution in [0.2, 0.25) is 0 Å². The molecule has 1 aromatic carbocycles. The minimum Gasteiger partial charge on any atom is -0.480 e. The van der Waals surface area contributed by atoms with Crippen LogP contribution >= 0.6 is 0 Å². The second-order valence-electron chi connectivity index (χ2n) is 10.9. The third kappa shape index (κ3) is 17.5. The highest BCUT2D eigenvalue weighted by atomic mass is 16.5. The molecule has 0 saturated heterocycles. The first kappa shape index (κ1) is 36.1. The van der Waals surface area contributed by atoms with Crippen molar-refractivity contribution >= 4 is 23.7 Å².